The Morgan fingerprint density at radius 1 is 1.13 bits per heavy atom. The van der Waals surface area contributed by atoms with Gasteiger partial charge in [0.25, 0.3) is 11.8 Å². The number of nitrogens with zero attached hydrogens (tertiary/aromatic N) is 1. The lowest BCUT2D eigenvalue weighted by Crippen LogP contribution is -2.20. The molecule has 0 aromatic heterocycles. The molecule has 2 amide bonds. The van der Waals surface area contributed by atoms with E-state index in [9.17, 15) is 9.59 Å². The fraction of sp³-hybridized carbons (Fsp3) is 0.190. The Balaban J connectivity index is 2.03. The van der Waals surface area contributed by atoms with E-state index >= 15 is 0 Å². The highest BCUT2D eigenvalue weighted by atomic mass is 35.5. The molecule has 30 heavy (non-hydrogen) atoms. The van der Waals surface area contributed by atoms with Crippen molar-refractivity contribution in [1.82, 2.24) is 5.43 Å². The van der Waals surface area contributed by atoms with Gasteiger partial charge in [-0.15, -0.1) is 0 Å². The van der Waals surface area contributed by atoms with E-state index in [0.717, 1.165) is 0 Å². The topological polar surface area (TPSA) is 112 Å². The van der Waals surface area contributed by atoms with Gasteiger partial charge in [-0.25, -0.2) is 5.43 Å². The number of carbonyl (C=O) groups excluding carboxylic acids is 2. The summed E-state index contributed by atoms with van der Waals surface area (Å²) in [6.45, 7) is 5.91. The lowest BCUT2D eigenvalue weighted by molar-refractivity contribution is -0.119. The van der Waals surface area contributed by atoms with Crippen molar-refractivity contribution in [2.75, 3.05) is 19.8 Å². The predicted molar refractivity (Wildman–Crippen MR) is 115 cm³/mol. The van der Waals surface area contributed by atoms with Crippen LogP contribution in [0.5, 0.6) is 17.2 Å². The van der Waals surface area contributed by atoms with E-state index in [-0.39, 0.29) is 11.6 Å². The first-order chi connectivity index (χ1) is 14.4. The third-order valence-corrected chi connectivity index (χ3v) is 3.86. The summed E-state index contributed by atoms with van der Waals surface area (Å²) in [5.41, 5.74) is 8.44. The number of benzene rings is 2. The van der Waals surface area contributed by atoms with Crippen molar-refractivity contribution in [2.45, 2.75) is 6.92 Å². The van der Waals surface area contributed by atoms with Gasteiger partial charge in [0.05, 0.1) is 17.8 Å². The van der Waals surface area contributed by atoms with Gasteiger partial charge < -0.3 is 19.9 Å². The molecule has 0 aliphatic rings. The molecule has 2 rings (SSSR count). The Morgan fingerprint density at radius 2 is 1.90 bits per heavy atom. The molecule has 2 aromatic carbocycles. The number of halogens is 1. The Labute approximate surface area is 179 Å². The Bertz CT molecular complexity index is 946. The van der Waals surface area contributed by atoms with Crippen molar-refractivity contribution in [1.29, 1.82) is 0 Å². The van der Waals surface area contributed by atoms with Gasteiger partial charge in [-0.3, -0.25) is 9.59 Å². The summed E-state index contributed by atoms with van der Waals surface area (Å²) < 4.78 is 16.2. The summed E-state index contributed by atoms with van der Waals surface area (Å²) in [6.07, 6.45) is 3.04. The average molecular weight is 432 g/mol. The summed E-state index contributed by atoms with van der Waals surface area (Å²) in [5, 5.41) is 4.21. The molecule has 8 nitrogen and oxygen atoms in total. The first-order valence-corrected chi connectivity index (χ1v) is 9.37. The largest absolute Gasteiger partial charge is 0.490 e. The predicted octanol–water partition coefficient (Wildman–Crippen LogP) is 2.93. The number of hydrogen-bond acceptors (Lipinski definition) is 6. The third-order valence-electron chi connectivity index (χ3n) is 3.57. The maximum Gasteiger partial charge on any atom is 0.271 e. The molecular formula is C21H22ClN3O5. The minimum Gasteiger partial charge on any atom is -0.490 e. The van der Waals surface area contributed by atoms with Gasteiger partial charge in [0.2, 0.25) is 0 Å². The van der Waals surface area contributed by atoms with Crippen LogP contribution in [0.15, 0.2) is 54.2 Å². The summed E-state index contributed by atoms with van der Waals surface area (Å²) >= 11 is 6.09. The number of rotatable bonds is 11. The van der Waals surface area contributed by atoms with Gasteiger partial charge in [-0.1, -0.05) is 24.3 Å². The molecule has 0 bridgehead atoms. The van der Waals surface area contributed by atoms with Crippen LogP contribution in [0.25, 0.3) is 0 Å². The van der Waals surface area contributed by atoms with Gasteiger partial charge in [0.1, 0.15) is 12.4 Å². The summed E-state index contributed by atoms with van der Waals surface area (Å²) in [7, 11) is 0. The molecule has 0 aliphatic carbocycles. The molecule has 0 aliphatic heterocycles. The highest BCUT2D eigenvalue weighted by molar-refractivity contribution is 6.32. The minimum absolute atomic E-state index is 0.273. The number of hydrazone groups is 1. The summed E-state index contributed by atoms with van der Waals surface area (Å²) in [6, 6.07) is 9.65. The van der Waals surface area contributed by atoms with Crippen LogP contribution in [-0.2, 0) is 4.79 Å². The molecule has 3 N–H and O–H groups in total. The Morgan fingerprint density at radius 3 is 2.57 bits per heavy atom. The molecule has 158 valence electrons. The standard InChI is InChI=1S/C21H22ClN3O5/c1-3-9-29-18-8-6-15(11-19(18)28-4-2)21(27)25-24-12-14-5-7-17(16(22)10-14)30-13-20(23)26/h3,5-8,10-12H,1,4,9,13H2,2H3,(H2,23,26)(H,25,27)/b24-12+. The lowest BCUT2D eigenvalue weighted by Gasteiger charge is -2.12. The first kappa shape index (κ1) is 22.8. The fourth-order valence-corrected chi connectivity index (χ4v) is 2.52. The normalized spacial score (nSPS) is 10.5. The van der Waals surface area contributed by atoms with Crippen molar-refractivity contribution >= 4 is 29.6 Å². The van der Waals surface area contributed by atoms with Gasteiger partial charge in [0.15, 0.2) is 18.1 Å². The molecule has 0 heterocycles. The Hall–Kier alpha value is -3.52. The molecule has 0 atom stereocenters. The van der Waals surface area contributed by atoms with Gasteiger partial charge in [-0.05, 0) is 48.9 Å². The van der Waals surface area contributed by atoms with Crippen LogP contribution < -0.4 is 25.4 Å². The lowest BCUT2D eigenvalue weighted by atomic mass is 10.2. The highest BCUT2D eigenvalue weighted by Crippen LogP contribution is 2.28. The van der Waals surface area contributed by atoms with E-state index in [1.807, 2.05) is 6.92 Å². The van der Waals surface area contributed by atoms with Gasteiger partial charge in [0, 0.05) is 5.56 Å². The van der Waals surface area contributed by atoms with Crippen LogP contribution in [0, 0.1) is 0 Å². The van der Waals surface area contributed by atoms with E-state index < -0.39 is 11.8 Å². The minimum atomic E-state index is -0.604. The van der Waals surface area contributed by atoms with E-state index in [0.29, 0.717) is 41.6 Å². The quantitative estimate of drug-likeness (QED) is 0.322. The molecule has 0 fully saturated rings. The number of primary amides is 1. The van der Waals surface area contributed by atoms with Crippen molar-refractivity contribution < 1.29 is 23.8 Å². The maximum absolute atomic E-state index is 12.4. The second kappa shape index (κ2) is 11.5. The number of carbonyl (C=O) groups is 2. The van der Waals surface area contributed by atoms with Crippen LogP contribution in [0.3, 0.4) is 0 Å². The molecule has 0 spiro atoms. The van der Waals surface area contributed by atoms with Crippen molar-refractivity contribution in [2.24, 2.45) is 10.8 Å². The Kier molecular flexibility index (Phi) is 8.71. The van der Waals surface area contributed by atoms with Crippen LogP contribution in [-0.4, -0.2) is 37.8 Å². The number of nitrogens with two attached hydrogens (primary N) is 1. The van der Waals surface area contributed by atoms with Crippen LogP contribution in [0.1, 0.15) is 22.8 Å². The van der Waals surface area contributed by atoms with E-state index in [2.05, 4.69) is 17.1 Å². The summed E-state index contributed by atoms with van der Waals surface area (Å²) in [5.74, 6) is 0.264. The van der Waals surface area contributed by atoms with E-state index in [4.69, 9.17) is 31.5 Å². The molecule has 0 saturated carbocycles. The maximum atomic E-state index is 12.4. The first-order valence-electron chi connectivity index (χ1n) is 8.99. The van der Waals surface area contributed by atoms with Crippen molar-refractivity contribution in [3.8, 4) is 17.2 Å². The van der Waals surface area contributed by atoms with Gasteiger partial charge in [-0.2, -0.15) is 5.10 Å². The molecule has 0 saturated heterocycles. The second-order valence-electron chi connectivity index (χ2n) is 5.84. The smallest absolute Gasteiger partial charge is 0.271 e. The zero-order valence-corrected chi connectivity index (χ0v) is 17.1. The van der Waals surface area contributed by atoms with Crippen LogP contribution in [0.4, 0.5) is 0 Å². The average Bonchev–Trinajstić information content (AvgIpc) is 2.72. The fourth-order valence-electron chi connectivity index (χ4n) is 2.28. The van der Waals surface area contributed by atoms with Crippen LogP contribution in [0.2, 0.25) is 5.02 Å². The number of nitrogens with one attached hydrogen (secondary N) is 1. The molecule has 0 radical (unpaired) electrons. The SMILES string of the molecule is C=CCOc1ccc(C(=O)N/N=C/c2ccc(OCC(N)=O)c(Cl)c2)cc1OCC. The van der Waals surface area contributed by atoms with E-state index in [1.54, 1.807) is 42.5 Å². The zero-order chi connectivity index (χ0) is 21.9. The monoisotopic (exact) mass is 431 g/mol. The number of hydrogen-bond donors (Lipinski definition) is 2. The zero-order valence-electron chi connectivity index (χ0n) is 16.4. The van der Waals surface area contributed by atoms with Crippen molar-refractivity contribution in [3.63, 3.8) is 0 Å². The number of ether oxygens (including phenoxy) is 3. The van der Waals surface area contributed by atoms with Crippen LogP contribution >= 0.6 is 11.6 Å². The van der Waals surface area contributed by atoms with Crippen molar-refractivity contribution in [3.05, 3.63) is 65.2 Å². The molecule has 0 unspecified atom stereocenters. The molecule has 2 aromatic rings. The summed E-state index contributed by atoms with van der Waals surface area (Å²) in [4.78, 5) is 23.1. The van der Waals surface area contributed by atoms with E-state index in [1.165, 1.54) is 6.21 Å². The highest BCUT2D eigenvalue weighted by Gasteiger charge is 2.11. The number of amides is 2. The van der Waals surface area contributed by atoms with Gasteiger partial charge >= 0.3 is 0 Å². The molecule has 9 heteroatoms. The second-order valence-corrected chi connectivity index (χ2v) is 6.25. The third kappa shape index (κ3) is 6.82. The molecular weight excluding hydrogens is 410 g/mol.